The highest BCUT2D eigenvalue weighted by Gasteiger charge is 2.32. The molecule has 0 aromatic heterocycles. The van der Waals surface area contributed by atoms with Gasteiger partial charge in [0, 0.05) is 31.2 Å². The minimum atomic E-state index is -0.162. The quantitative estimate of drug-likeness (QED) is 0.845. The number of carbonyl (C=O) groups excluding carboxylic acids is 2. The smallest absolute Gasteiger partial charge is 0.240 e. The summed E-state index contributed by atoms with van der Waals surface area (Å²) in [5.74, 6) is 0.182. The van der Waals surface area contributed by atoms with Crippen LogP contribution >= 0.6 is 0 Å². The van der Waals surface area contributed by atoms with Crippen LogP contribution < -0.4 is 10.6 Å². The number of likely N-dealkylation sites (tertiary alicyclic amines) is 1. The van der Waals surface area contributed by atoms with Crippen LogP contribution in [-0.4, -0.2) is 35.8 Å². The number of aryl methyl sites for hydroxylation is 2. The Morgan fingerprint density at radius 1 is 1.03 bits per heavy atom. The average molecular weight is 392 g/mol. The highest BCUT2D eigenvalue weighted by Crippen LogP contribution is 2.24. The van der Waals surface area contributed by atoms with Gasteiger partial charge in [-0.1, -0.05) is 42.0 Å². The Labute approximate surface area is 172 Å². The van der Waals surface area contributed by atoms with Crippen LogP contribution in [0.1, 0.15) is 35.1 Å². The van der Waals surface area contributed by atoms with Gasteiger partial charge in [0.15, 0.2) is 0 Å². The number of amides is 2. The Balaban J connectivity index is 1.31. The molecule has 2 aromatic carbocycles. The van der Waals surface area contributed by atoms with Gasteiger partial charge in [0.25, 0.3) is 0 Å². The number of piperidine rings is 1. The van der Waals surface area contributed by atoms with Crippen molar-refractivity contribution in [3.63, 3.8) is 0 Å². The molecule has 5 heteroatoms. The molecule has 29 heavy (non-hydrogen) atoms. The van der Waals surface area contributed by atoms with Gasteiger partial charge in [-0.15, -0.1) is 0 Å². The number of benzene rings is 2. The summed E-state index contributed by atoms with van der Waals surface area (Å²) < 4.78 is 0. The third-order valence-electron chi connectivity index (χ3n) is 6.20. The molecule has 0 radical (unpaired) electrons. The molecular weight excluding hydrogens is 362 g/mol. The second-order valence-corrected chi connectivity index (χ2v) is 8.31. The maximum atomic E-state index is 13.0. The number of carbonyl (C=O) groups is 2. The molecule has 5 nitrogen and oxygen atoms in total. The zero-order valence-corrected chi connectivity index (χ0v) is 17.2. The van der Waals surface area contributed by atoms with E-state index in [0.717, 1.165) is 24.2 Å². The topological polar surface area (TPSA) is 61.4 Å². The van der Waals surface area contributed by atoms with Crippen molar-refractivity contribution in [1.82, 2.24) is 10.2 Å². The molecule has 2 amide bonds. The Bertz CT molecular complexity index is 916. The molecule has 152 valence electrons. The number of hydrogen-bond donors (Lipinski definition) is 2. The van der Waals surface area contributed by atoms with Crippen LogP contribution in [0.2, 0.25) is 0 Å². The molecule has 1 atom stereocenters. The van der Waals surface area contributed by atoms with E-state index in [2.05, 4.69) is 28.8 Å². The fraction of sp³-hybridized carbons (Fsp3) is 0.417. The van der Waals surface area contributed by atoms with E-state index in [1.165, 1.54) is 16.7 Å². The van der Waals surface area contributed by atoms with Crippen molar-refractivity contribution < 1.29 is 9.59 Å². The first-order valence-corrected chi connectivity index (χ1v) is 10.5. The molecule has 0 unspecified atom stereocenters. The van der Waals surface area contributed by atoms with Crippen molar-refractivity contribution in [1.29, 1.82) is 0 Å². The first kappa shape index (κ1) is 19.6. The summed E-state index contributed by atoms with van der Waals surface area (Å²) in [5, 5.41) is 6.45. The Hall–Kier alpha value is -2.66. The van der Waals surface area contributed by atoms with Crippen molar-refractivity contribution in [2.75, 3.05) is 18.4 Å². The second-order valence-electron chi connectivity index (χ2n) is 8.31. The van der Waals surface area contributed by atoms with Gasteiger partial charge in [-0.2, -0.15) is 0 Å². The maximum absolute atomic E-state index is 13.0. The van der Waals surface area contributed by atoms with Crippen LogP contribution in [0.4, 0.5) is 5.69 Å². The number of nitrogens with one attached hydrogen (secondary N) is 2. The SMILES string of the molecule is Cc1ccc(NC(=O)C2CCN(C(=O)[C@@H]3Cc4ccccc4CN3)CC2)c(C)c1. The molecule has 2 aliphatic heterocycles. The lowest BCUT2D eigenvalue weighted by atomic mass is 9.92. The fourth-order valence-electron chi connectivity index (χ4n) is 4.40. The van der Waals surface area contributed by atoms with Gasteiger partial charge >= 0.3 is 0 Å². The van der Waals surface area contributed by atoms with Crippen molar-refractivity contribution >= 4 is 17.5 Å². The molecule has 2 aromatic rings. The summed E-state index contributed by atoms with van der Waals surface area (Å²) >= 11 is 0. The number of rotatable bonds is 3. The Morgan fingerprint density at radius 2 is 1.76 bits per heavy atom. The molecular formula is C24H29N3O2. The van der Waals surface area contributed by atoms with Crippen molar-refractivity contribution in [2.45, 2.75) is 45.7 Å². The average Bonchev–Trinajstić information content (AvgIpc) is 2.75. The summed E-state index contributed by atoms with van der Waals surface area (Å²) in [4.78, 5) is 27.6. The van der Waals surface area contributed by atoms with Crippen molar-refractivity contribution in [2.24, 2.45) is 5.92 Å². The third-order valence-corrected chi connectivity index (χ3v) is 6.20. The fourth-order valence-corrected chi connectivity index (χ4v) is 4.40. The van der Waals surface area contributed by atoms with Crippen LogP contribution in [-0.2, 0) is 22.6 Å². The second kappa shape index (κ2) is 8.37. The minimum absolute atomic E-state index is 0.0419. The van der Waals surface area contributed by atoms with E-state index < -0.39 is 0 Å². The highest BCUT2D eigenvalue weighted by molar-refractivity contribution is 5.93. The summed E-state index contributed by atoms with van der Waals surface area (Å²) in [6.07, 6.45) is 2.17. The molecule has 0 saturated carbocycles. The molecule has 0 bridgehead atoms. The summed E-state index contributed by atoms with van der Waals surface area (Å²) in [6.45, 7) is 6.08. The van der Waals surface area contributed by atoms with Gasteiger partial charge < -0.3 is 15.5 Å². The van der Waals surface area contributed by atoms with Crippen LogP contribution in [0, 0.1) is 19.8 Å². The van der Waals surface area contributed by atoms with E-state index in [0.29, 0.717) is 25.9 Å². The Morgan fingerprint density at radius 3 is 2.48 bits per heavy atom. The molecule has 0 aliphatic carbocycles. The highest BCUT2D eigenvalue weighted by atomic mass is 16.2. The normalized spacial score (nSPS) is 19.5. The molecule has 2 aliphatic rings. The van der Waals surface area contributed by atoms with Crippen LogP contribution in [0.25, 0.3) is 0 Å². The van der Waals surface area contributed by atoms with Gasteiger partial charge in [-0.25, -0.2) is 0 Å². The van der Waals surface area contributed by atoms with Gasteiger partial charge in [-0.05, 0) is 55.9 Å². The molecule has 2 N–H and O–H groups in total. The van der Waals surface area contributed by atoms with Crippen LogP contribution in [0.15, 0.2) is 42.5 Å². The number of nitrogens with zero attached hydrogens (tertiary/aromatic N) is 1. The lowest BCUT2D eigenvalue weighted by Gasteiger charge is -2.35. The predicted molar refractivity (Wildman–Crippen MR) is 115 cm³/mol. The van der Waals surface area contributed by atoms with Crippen LogP contribution in [0.3, 0.4) is 0 Å². The zero-order valence-electron chi connectivity index (χ0n) is 17.2. The van der Waals surface area contributed by atoms with E-state index in [9.17, 15) is 9.59 Å². The summed E-state index contributed by atoms with van der Waals surface area (Å²) in [5.41, 5.74) is 5.68. The summed E-state index contributed by atoms with van der Waals surface area (Å²) in [7, 11) is 0. The monoisotopic (exact) mass is 391 g/mol. The first-order valence-electron chi connectivity index (χ1n) is 10.5. The largest absolute Gasteiger partial charge is 0.341 e. The molecule has 0 spiro atoms. The lowest BCUT2D eigenvalue weighted by molar-refractivity contribution is -0.136. The van der Waals surface area contributed by atoms with E-state index in [4.69, 9.17) is 0 Å². The lowest BCUT2D eigenvalue weighted by Crippen LogP contribution is -2.52. The Kier molecular flexibility index (Phi) is 5.67. The van der Waals surface area contributed by atoms with Gasteiger partial charge in [0.05, 0.1) is 6.04 Å². The van der Waals surface area contributed by atoms with Crippen molar-refractivity contribution in [3.05, 3.63) is 64.7 Å². The standard InChI is InChI=1S/C24H29N3O2/c1-16-7-8-21(17(2)13-16)26-23(28)18-9-11-27(12-10-18)24(29)22-14-19-5-3-4-6-20(19)15-25-22/h3-8,13,18,22,25H,9-12,14-15H2,1-2H3,(H,26,28)/t22-/m0/s1. The maximum Gasteiger partial charge on any atom is 0.240 e. The first-order chi connectivity index (χ1) is 14.0. The number of fused-ring (bicyclic) bond motifs is 1. The zero-order chi connectivity index (χ0) is 20.4. The molecule has 4 rings (SSSR count). The number of anilines is 1. The van der Waals surface area contributed by atoms with Crippen LogP contribution in [0.5, 0.6) is 0 Å². The molecule has 1 fully saturated rings. The van der Waals surface area contributed by atoms with Gasteiger partial charge in [0.1, 0.15) is 0 Å². The minimum Gasteiger partial charge on any atom is -0.341 e. The van der Waals surface area contributed by atoms with Gasteiger partial charge in [-0.3, -0.25) is 9.59 Å². The van der Waals surface area contributed by atoms with E-state index in [1.54, 1.807) is 0 Å². The van der Waals surface area contributed by atoms with E-state index in [1.807, 2.05) is 43.0 Å². The third kappa shape index (κ3) is 4.35. The van der Waals surface area contributed by atoms with E-state index in [-0.39, 0.29) is 23.8 Å². The predicted octanol–water partition coefficient (Wildman–Crippen LogP) is 3.20. The number of hydrogen-bond acceptors (Lipinski definition) is 3. The summed E-state index contributed by atoms with van der Waals surface area (Å²) in [6, 6.07) is 14.2. The van der Waals surface area contributed by atoms with E-state index >= 15 is 0 Å². The van der Waals surface area contributed by atoms with Gasteiger partial charge in [0.2, 0.25) is 11.8 Å². The molecule has 1 saturated heterocycles. The molecule has 2 heterocycles. The van der Waals surface area contributed by atoms with Crippen molar-refractivity contribution in [3.8, 4) is 0 Å².